The van der Waals surface area contributed by atoms with E-state index in [9.17, 15) is 14.7 Å². The number of fused-ring (bicyclic) bond motifs is 1. The molecule has 1 N–H and O–H groups in total. The number of hydrogen-bond acceptors (Lipinski definition) is 9. The minimum atomic E-state index is -2.07. The molecule has 1 aromatic heterocycles. The molecule has 1 spiro atoms. The van der Waals surface area contributed by atoms with Crippen molar-refractivity contribution in [3.8, 4) is 11.5 Å². The zero-order valence-corrected chi connectivity index (χ0v) is 25.9. The van der Waals surface area contributed by atoms with Crippen LogP contribution in [0.1, 0.15) is 69.3 Å². The highest BCUT2D eigenvalue weighted by atomic mass is 31.0. The van der Waals surface area contributed by atoms with Gasteiger partial charge in [0.15, 0.2) is 20.2 Å². The van der Waals surface area contributed by atoms with Crippen LogP contribution in [0.5, 0.6) is 11.5 Å². The summed E-state index contributed by atoms with van der Waals surface area (Å²) < 4.78 is 37.8. The van der Waals surface area contributed by atoms with Crippen LogP contribution >= 0.6 is 9.47 Å². The van der Waals surface area contributed by atoms with Crippen LogP contribution < -0.4 is 10.4 Å². The summed E-state index contributed by atoms with van der Waals surface area (Å²) in [5.41, 5.74) is -1.20. The van der Waals surface area contributed by atoms with Gasteiger partial charge in [-0.05, 0) is 57.0 Å². The summed E-state index contributed by atoms with van der Waals surface area (Å²) >= 11 is 0. The predicted octanol–water partition coefficient (Wildman–Crippen LogP) is 5.64. The Bertz CT molecular complexity index is 1240. The van der Waals surface area contributed by atoms with E-state index in [1.807, 2.05) is 0 Å². The molecule has 5 atom stereocenters. The van der Waals surface area contributed by atoms with Crippen molar-refractivity contribution >= 4 is 34.5 Å². The minimum absolute atomic E-state index is 0.145. The standard InChI is InChI=1S/C28H41O9PSi/c1-7-39(8-2,9-3)37-23-24(36-38)27(35-28(25(23)32-6)14-10-11-15-28)33-19-13-12-18-21(30)20(17(5)29)26(31)34-22(18)16(19)4/h12-13,23-25,27,30H,7-11,14-15,38H2,1-6H3/t23-,24?,25+,27+/m0/s1. The Morgan fingerprint density at radius 1 is 1.15 bits per heavy atom. The Morgan fingerprint density at radius 3 is 2.33 bits per heavy atom. The molecule has 1 aliphatic carbocycles. The van der Waals surface area contributed by atoms with Crippen LogP contribution in [0.3, 0.4) is 0 Å². The van der Waals surface area contributed by atoms with Crippen LogP contribution in [0.15, 0.2) is 21.3 Å². The Hall–Kier alpha value is -1.81. The number of ketones is 1. The van der Waals surface area contributed by atoms with E-state index < -0.39 is 49.6 Å². The van der Waals surface area contributed by atoms with Crippen molar-refractivity contribution in [1.29, 1.82) is 0 Å². The number of aromatic hydroxyl groups is 1. The quantitative estimate of drug-likeness (QED) is 0.165. The molecule has 1 aliphatic heterocycles. The summed E-state index contributed by atoms with van der Waals surface area (Å²) in [6.07, 6.45) is 1.50. The lowest BCUT2D eigenvalue weighted by atomic mass is 9.85. The SMILES string of the molecule is CC[Si](CC)(CC)O[C@H]1C(OP)[C@H](Oc2ccc3c(O)c(C(C)=O)c(=O)oc3c2C)OC2(CCCC2)[C@@H]1OC. The number of rotatable bonds is 10. The number of carbonyl (C=O) groups is 1. The van der Waals surface area contributed by atoms with Crippen molar-refractivity contribution in [2.45, 2.75) is 109 Å². The van der Waals surface area contributed by atoms with Crippen LogP contribution in [-0.4, -0.2) is 56.5 Å². The molecule has 4 rings (SSSR count). The molecule has 0 radical (unpaired) electrons. The molecule has 216 valence electrons. The second-order valence-corrected chi connectivity index (χ2v) is 15.7. The van der Waals surface area contributed by atoms with Crippen LogP contribution in [-0.2, 0) is 18.4 Å². The minimum Gasteiger partial charge on any atom is -0.506 e. The molecule has 0 amide bonds. The topological polar surface area (TPSA) is 114 Å². The largest absolute Gasteiger partial charge is 0.506 e. The Balaban J connectivity index is 1.77. The van der Waals surface area contributed by atoms with E-state index in [1.54, 1.807) is 26.2 Å². The van der Waals surface area contributed by atoms with E-state index in [1.165, 1.54) is 6.92 Å². The molecular weight excluding hydrogens is 539 g/mol. The average Bonchev–Trinajstić information content (AvgIpc) is 3.37. The average molecular weight is 581 g/mol. The highest BCUT2D eigenvalue weighted by molar-refractivity contribution is 7.09. The number of hydrogen-bond donors (Lipinski definition) is 1. The van der Waals surface area contributed by atoms with E-state index in [-0.39, 0.29) is 22.6 Å². The van der Waals surface area contributed by atoms with Crippen molar-refractivity contribution in [1.82, 2.24) is 0 Å². The number of Topliss-reactive ketones (excluding diaryl/α,β-unsaturated/α-hetero) is 1. The van der Waals surface area contributed by atoms with Crippen molar-refractivity contribution in [3.63, 3.8) is 0 Å². The lowest BCUT2D eigenvalue weighted by Crippen LogP contribution is -2.67. The van der Waals surface area contributed by atoms with Gasteiger partial charge in [0.05, 0.1) is 5.39 Å². The molecule has 2 heterocycles. The zero-order chi connectivity index (χ0) is 28.5. The van der Waals surface area contributed by atoms with Gasteiger partial charge in [0, 0.05) is 22.1 Å². The molecule has 2 aliphatic rings. The third kappa shape index (κ3) is 5.32. The first-order chi connectivity index (χ1) is 18.6. The predicted molar refractivity (Wildman–Crippen MR) is 153 cm³/mol. The van der Waals surface area contributed by atoms with Crippen LogP contribution in [0.4, 0.5) is 0 Å². The fourth-order valence-electron chi connectivity index (χ4n) is 6.30. The Morgan fingerprint density at radius 2 is 1.79 bits per heavy atom. The molecule has 11 heteroatoms. The summed E-state index contributed by atoms with van der Waals surface area (Å²) in [6, 6.07) is 6.18. The maximum Gasteiger partial charge on any atom is 0.351 e. The van der Waals surface area contributed by atoms with E-state index >= 15 is 0 Å². The number of ether oxygens (including phenoxy) is 3. The molecule has 2 fully saturated rings. The van der Waals surface area contributed by atoms with Crippen LogP contribution in [0.25, 0.3) is 11.0 Å². The van der Waals surface area contributed by atoms with Gasteiger partial charge >= 0.3 is 5.63 Å². The van der Waals surface area contributed by atoms with E-state index in [0.29, 0.717) is 11.3 Å². The third-order valence-electron chi connectivity index (χ3n) is 8.78. The molecular formula is C28H41O9PSi. The second kappa shape index (κ2) is 12.0. The Labute approximate surface area is 232 Å². The van der Waals surface area contributed by atoms with Gasteiger partial charge in [-0.3, -0.25) is 4.79 Å². The first kappa shape index (κ1) is 30.2. The highest BCUT2D eigenvalue weighted by Gasteiger charge is 2.59. The van der Waals surface area contributed by atoms with Crippen molar-refractivity contribution < 1.29 is 37.5 Å². The molecule has 0 bridgehead atoms. The van der Waals surface area contributed by atoms with Gasteiger partial charge in [-0.15, -0.1) is 0 Å². The lowest BCUT2D eigenvalue weighted by Gasteiger charge is -2.52. The number of aryl methyl sites for hydroxylation is 1. The highest BCUT2D eigenvalue weighted by Crippen LogP contribution is 2.47. The molecule has 2 unspecified atom stereocenters. The van der Waals surface area contributed by atoms with Gasteiger partial charge in [0.2, 0.25) is 6.29 Å². The molecule has 2 aromatic rings. The lowest BCUT2D eigenvalue weighted by molar-refractivity contribution is -0.305. The molecule has 39 heavy (non-hydrogen) atoms. The number of carbonyl (C=O) groups excluding carboxylic acids is 1. The third-order valence-corrected chi connectivity index (χ3v) is 13.7. The van der Waals surface area contributed by atoms with Gasteiger partial charge in [-0.2, -0.15) is 0 Å². The van der Waals surface area contributed by atoms with Crippen molar-refractivity contribution in [3.05, 3.63) is 33.7 Å². The van der Waals surface area contributed by atoms with Crippen molar-refractivity contribution in [2.24, 2.45) is 0 Å². The second-order valence-electron chi connectivity index (χ2n) is 10.7. The van der Waals surface area contributed by atoms with E-state index in [2.05, 4.69) is 30.2 Å². The van der Waals surface area contributed by atoms with E-state index in [4.69, 9.17) is 27.6 Å². The number of methoxy groups -OCH3 is 1. The van der Waals surface area contributed by atoms with Crippen molar-refractivity contribution in [2.75, 3.05) is 7.11 Å². The first-order valence-corrected chi connectivity index (χ1v) is 16.8. The van der Waals surface area contributed by atoms with Crippen LogP contribution in [0, 0.1) is 6.92 Å². The first-order valence-electron chi connectivity index (χ1n) is 13.8. The Kier molecular flexibility index (Phi) is 9.25. The van der Waals surface area contributed by atoms with E-state index in [0.717, 1.165) is 43.8 Å². The van der Waals surface area contributed by atoms with Gasteiger partial charge in [-0.1, -0.05) is 33.6 Å². The maximum atomic E-state index is 12.5. The maximum absolute atomic E-state index is 12.5. The van der Waals surface area contributed by atoms with Gasteiger partial charge < -0.3 is 32.7 Å². The molecule has 1 saturated heterocycles. The molecule has 1 saturated carbocycles. The van der Waals surface area contributed by atoms with Crippen LogP contribution in [0.2, 0.25) is 18.1 Å². The monoisotopic (exact) mass is 580 g/mol. The fourth-order valence-corrected chi connectivity index (χ4v) is 9.42. The summed E-state index contributed by atoms with van der Waals surface area (Å²) in [5, 5.41) is 10.9. The molecule has 1 aromatic carbocycles. The smallest absolute Gasteiger partial charge is 0.351 e. The molecule has 9 nitrogen and oxygen atoms in total. The summed E-state index contributed by atoms with van der Waals surface area (Å²) in [5.74, 6) is -0.557. The van der Waals surface area contributed by atoms with Gasteiger partial charge in [-0.25, -0.2) is 4.79 Å². The summed E-state index contributed by atoms with van der Waals surface area (Å²) in [6.45, 7) is 9.51. The fraction of sp³-hybridized carbons (Fsp3) is 0.643. The zero-order valence-electron chi connectivity index (χ0n) is 23.7. The summed E-state index contributed by atoms with van der Waals surface area (Å²) in [4.78, 5) is 24.4. The number of benzene rings is 1. The van der Waals surface area contributed by atoms with Gasteiger partial charge in [0.25, 0.3) is 0 Å². The van der Waals surface area contributed by atoms with Gasteiger partial charge in [0.1, 0.15) is 40.5 Å². The summed E-state index contributed by atoms with van der Waals surface area (Å²) in [7, 11) is 1.97. The normalized spacial score (nSPS) is 24.9.